The highest BCUT2D eigenvalue weighted by Crippen LogP contribution is 2.18. The predicted octanol–water partition coefficient (Wildman–Crippen LogP) is 4.34. The van der Waals surface area contributed by atoms with E-state index in [9.17, 15) is 4.39 Å². The van der Waals surface area contributed by atoms with Crippen LogP contribution in [0.25, 0.3) is 0 Å². The summed E-state index contributed by atoms with van der Waals surface area (Å²) in [6.45, 7) is 6.06. The van der Waals surface area contributed by atoms with Crippen LogP contribution in [-0.4, -0.2) is 0 Å². The largest absolute Gasteiger partial charge is 0.207 e. The molecule has 0 atom stereocenters. The summed E-state index contributed by atoms with van der Waals surface area (Å²) in [7, 11) is 0. The van der Waals surface area contributed by atoms with Gasteiger partial charge in [-0.05, 0) is 49.1 Å². The van der Waals surface area contributed by atoms with Gasteiger partial charge in [-0.2, -0.15) is 0 Å². The lowest BCUT2D eigenvalue weighted by atomic mass is 9.98. The van der Waals surface area contributed by atoms with Crippen LogP contribution in [0.5, 0.6) is 0 Å². The van der Waals surface area contributed by atoms with Crippen LogP contribution in [0, 0.1) is 26.6 Å². The molecule has 2 rings (SSSR count). The maximum Gasteiger partial charge on any atom is 0.126 e. The zero-order chi connectivity index (χ0) is 12.4. The summed E-state index contributed by atoms with van der Waals surface area (Å²) >= 11 is 0. The minimum absolute atomic E-state index is 0.107. The molecule has 0 aromatic heterocycles. The van der Waals surface area contributed by atoms with Crippen LogP contribution in [0.4, 0.5) is 4.39 Å². The van der Waals surface area contributed by atoms with Gasteiger partial charge in [-0.3, -0.25) is 0 Å². The van der Waals surface area contributed by atoms with E-state index in [1.807, 2.05) is 19.1 Å². The number of hydrogen-bond acceptors (Lipinski definition) is 0. The molecule has 1 heteroatoms. The molecule has 0 unspecified atom stereocenters. The maximum atomic E-state index is 13.7. The van der Waals surface area contributed by atoms with Gasteiger partial charge in [-0.15, -0.1) is 0 Å². The van der Waals surface area contributed by atoms with Gasteiger partial charge in [0.25, 0.3) is 0 Å². The zero-order valence-corrected chi connectivity index (χ0v) is 10.5. The van der Waals surface area contributed by atoms with Crippen LogP contribution in [0.2, 0.25) is 0 Å². The smallest absolute Gasteiger partial charge is 0.126 e. The molecule has 0 nitrogen and oxygen atoms in total. The fourth-order valence-electron chi connectivity index (χ4n) is 2.05. The molecule has 0 amide bonds. The van der Waals surface area contributed by atoms with Crippen molar-refractivity contribution in [3.05, 3.63) is 70.0 Å². The minimum atomic E-state index is -0.107. The molecule has 0 saturated heterocycles. The number of rotatable bonds is 2. The minimum Gasteiger partial charge on any atom is -0.207 e. The highest BCUT2D eigenvalue weighted by Gasteiger charge is 2.05. The second-order valence-electron chi connectivity index (χ2n) is 4.70. The average molecular weight is 228 g/mol. The standard InChI is InChI=1S/C16H17F/c1-11-4-6-14(13(3)8-11)10-15-7-5-12(2)9-16(15)17/h4-9H,10H2,1-3H3. The molecule has 2 aromatic carbocycles. The summed E-state index contributed by atoms with van der Waals surface area (Å²) < 4.78 is 13.7. The number of benzene rings is 2. The molecular weight excluding hydrogens is 211 g/mol. The molecule has 0 heterocycles. The quantitative estimate of drug-likeness (QED) is 0.717. The van der Waals surface area contributed by atoms with Gasteiger partial charge < -0.3 is 0 Å². The number of hydrogen-bond donors (Lipinski definition) is 0. The molecule has 0 aliphatic heterocycles. The molecule has 0 N–H and O–H groups in total. The van der Waals surface area contributed by atoms with E-state index >= 15 is 0 Å². The van der Waals surface area contributed by atoms with Crippen molar-refractivity contribution in [2.24, 2.45) is 0 Å². The summed E-state index contributed by atoms with van der Waals surface area (Å²) in [4.78, 5) is 0. The Balaban J connectivity index is 2.31. The highest BCUT2D eigenvalue weighted by atomic mass is 19.1. The normalized spacial score (nSPS) is 10.6. The molecule has 0 aliphatic rings. The van der Waals surface area contributed by atoms with Crippen molar-refractivity contribution in [3.8, 4) is 0 Å². The molecule has 0 bridgehead atoms. The fourth-order valence-corrected chi connectivity index (χ4v) is 2.05. The molecule has 88 valence electrons. The van der Waals surface area contributed by atoms with Crippen LogP contribution in [0.1, 0.15) is 27.8 Å². The lowest BCUT2D eigenvalue weighted by molar-refractivity contribution is 0.612. The summed E-state index contributed by atoms with van der Waals surface area (Å²) in [6, 6.07) is 11.7. The molecule has 17 heavy (non-hydrogen) atoms. The van der Waals surface area contributed by atoms with Gasteiger partial charge in [0.1, 0.15) is 5.82 Å². The molecular formula is C16H17F. The van der Waals surface area contributed by atoms with E-state index in [2.05, 4.69) is 32.0 Å². The first-order valence-corrected chi connectivity index (χ1v) is 5.87. The summed E-state index contributed by atoms with van der Waals surface area (Å²) in [5, 5.41) is 0. The van der Waals surface area contributed by atoms with Crippen LogP contribution in [0.15, 0.2) is 36.4 Å². The lowest BCUT2D eigenvalue weighted by Crippen LogP contribution is -1.96. The second-order valence-corrected chi connectivity index (χ2v) is 4.70. The third kappa shape index (κ3) is 2.73. The van der Waals surface area contributed by atoms with Crippen molar-refractivity contribution in [2.75, 3.05) is 0 Å². The van der Waals surface area contributed by atoms with Crippen LogP contribution >= 0.6 is 0 Å². The van der Waals surface area contributed by atoms with Crippen molar-refractivity contribution in [2.45, 2.75) is 27.2 Å². The lowest BCUT2D eigenvalue weighted by Gasteiger charge is -2.08. The zero-order valence-electron chi connectivity index (χ0n) is 10.5. The van der Waals surface area contributed by atoms with E-state index in [4.69, 9.17) is 0 Å². The maximum absolute atomic E-state index is 13.7. The Morgan fingerprint density at radius 3 is 2.00 bits per heavy atom. The SMILES string of the molecule is Cc1ccc(Cc2ccc(C)cc2F)c(C)c1. The van der Waals surface area contributed by atoms with E-state index in [-0.39, 0.29) is 5.82 Å². The predicted molar refractivity (Wildman–Crippen MR) is 69.9 cm³/mol. The molecule has 0 saturated carbocycles. The average Bonchev–Trinajstić information content (AvgIpc) is 2.25. The van der Waals surface area contributed by atoms with E-state index < -0.39 is 0 Å². The Morgan fingerprint density at radius 2 is 1.41 bits per heavy atom. The van der Waals surface area contributed by atoms with Crippen LogP contribution in [-0.2, 0) is 6.42 Å². The first kappa shape index (κ1) is 11.8. The Morgan fingerprint density at radius 1 is 0.824 bits per heavy atom. The topological polar surface area (TPSA) is 0 Å². The van der Waals surface area contributed by atoms with E-state index in [0.29, 0.717) is 6.42 Å². The molecule has 2 aromatic rings. The first-order valence-electron chi connectivity index (χ1n) is 5.87. The van der Waals surface area contributed by atoms with Crippen molar-refractivity contribution < 1.29 is 4.39 Å². The molecule has 0 spiro atoms. The van der Waals surface area contributed by atoms with E-state index in [1.165, 1.54) is 16.7 Å². The van der Waals surface area contributed by atoms with Gasteiger partial charge in [0.15, 0.2) is 0 Å². The monoisotopic (exact) mass is 228 g/mol. The number of halogens is 1. The van der Waals surface area contributed by atoms with Gasteiger partial charge in [-0.1, -0.05) is 35.9 Å². The van der Waals surface area contributed by atoms with Gasteiger partial charge in [0.05, 0.1) is 0 Å². The van der Waals surface area contributed by atoms with Gasteiger partial charge in [0, 0.05) is 6.42 Å². The number of aryl methyl sites for hydroxylation is 3. The Kier molecular flexibility index (Phi) is 3.28. The fraction of sp³-hybridized carbons (Fsp3) is 0.250. The van der Waals surface area contributed by atoms with E-state index in [1.54, 1.807) is 6.07 Å². The second kappa shape index (κ2) is 4.70. The third-order valence-corrected chi connectivity index (χ3v) is 3.09. The molecule has 0 fully saturated rings. The van der Waals surface area contributed by atoms with Crippen LogP contribution in [0.3, 0.4) is 0 Å². The van der Waals surface area contributed by atoms with Crippen LogP contribution < -0.4 is 0 Å². The molecule has 0 aliphatic carbocycles. The van der Waals surface area contributed by atoms with Gasteiger partial charge >= 0.3 is 0 Å². The third-order valence-electron chi connectivity index (χ3n) is 3.09. The summed E-state index contributed by atoms with van der Waals surface area (Å²) in [6.07, 6.45) is 0.665. The van der Waals surface area contributed by atoms with E-state index in [0.717, 1.165) is 11.1 Å². The first-order chi connectivity index (χ1) is 8.06. The molecule has 0 radical (unpaired) electrons. The van der Waals surface area contributed by atoms with Gasteiger partial charge in [-0.25, -0.2) is 4.39 Å². The van der Waals surface area contributed by atoms with Crippen molar-refractivity contribution in [1.82, 2.24) is 0 Å². The van der Waals surface area contributed by atoms with Crippen molar-refractivity contribution in [3.63, 3.8) is 0 Å². The Bertz CT molecular complexity index is 492. The van der Waals surface area contributed by atoms with Crippen molar-refractivity contribution >= 4 is 0 Å². The van der Waals surface area contributed by atoms with Crippen molar-refractivity contribution in [1.29, 1.82) is 0 Å². The Labute approximate surface area is 102 Å². The van der Waals surface area contributed by atoms with Gasteiger partial charge in [0.2, 0.25) is 0 Å². The Hall–Kier alpha value is -1.63. The summed E-state index contributed by atoms with van der Waals surface area (Å²) in [5.74, 6) is -0.107. The summed E-state index contributed by atoms with van der Waals surface area (Å²) in [5.41, 5.74) is 5.40. The highest BCUT2D eigenvalue weighted by molar-refractivity contribution is 5.35.